The molecule has 39 heavy (non-hydrogen) atoms. The minimum atomic E-state index is 0.500. The van der Waals surface area contributed by atoms with Crippen molar-refractivity contribution in [3.05, 3.63) is 127 Å². The van der Waals surface area contributed by atoms with Gasteiger partial charge in [0.15, 0.2) is 0 Å². The zero-order valence-corrected chi connectivity index (χ0v) is 21.5. The van der Waals surface area contributed by atoms with Crippen LogP contribution in [-0.2, 0) is 6.54 Å². The maximum absolute atomic E-state index is 5.99. The van der Waals surface area contributed by atoms with Gasteiger partial charge < -0.3 is 13.9 Å². The van der Waals surface area contributed by atoms with E-state index in [0.717, 1.165) is 34.7 Å². The first-order valence-electron chi connectivity index (χ1n) is 13.2. The smallest absolute Gasteiger partial charge is 0.248 e. The number of nitrogens with zero attached hydrogens (tertiary/aromatic N) is 4. The minimum absolute atomic E-state index is 0.500. The molecule has 5 heteroatoms. The number of aromatic nitrogens is 3. The molecular formula is C34H26N4O. The van der Waals surface area contributed by atoms with Gasteiger partial charge in [-0.25, -0.2) is 0 Å². The fraction of sp³-hybridized carbons (Fsp3) is 0.0588. The monoisotopic (exact) mass is 506 g/mol. The maximum Gasteiger partial charge on any atom is 0.248 e. The number of anilines is 3. The first-order valence-corrected chi connectivity index (χ1v) is 13.2. The van der Waals surface area contributed by atoms with E-state index in [1.165, 1.54) is 21.8 Å². The number of fused-ring (bicyclic) bond motifs is 3. The maximum atomic E-state index is 5.99. The van der Waals surface area contributed by atoms with Crippen molar-refractivity contribution in [2.24, 2.45) is 0 Å². The lowest BCUT2D eigenvalue weighted by molar-refractivity contribution is 0.584. The quantitative estimate of drug-likeness (QED) is 0.226. The SMILES string of the molecule is CCn1c2ccccc2c2cc(N(c3ccccc3)c3ccc(-c4nnc(-c5ccccc5)o4)cc3)ccc21. The summed E-state index contributed by atoms with van der Waals surface area (Å²) < 4.78 is 8.37. The summed E-state index contributed by atoms with van der Waals surface area (Å²) in [5.41, 5.74) is 7.53. The van der Waals surface area contributed by atoms with Crippen molar-refractivity contribution in [2.45, 2.75) is 13.5 Å². The van der Waals surface area contributed by atoms with Crippen molar-refractivity contribution in [3.8, 4) is 22.9 Å². The summed E-state index contributed by atoms with van der Waals surface area (Å²) in [6.45, 7) is 3.12. The number of hydrogen-bond donors (Lipinski definition) is 0. The van der Waals surface area contributed by atoms with E-state index in [0.29, 0.717) is 11.8 Å². The zero-order valence-electron chi connectivity index (χ0n) is 21.5. The van der Waals surface area contributed by atoms with Gasteiger partial charge in [-0.05, 0) is 79.7 Å². The average molecular weight is 507 g/mol. The molecule has 0 aliphatic heterocycles. The molecule has 0 N–H and O–H groups in total. The van der Waals surface area contributed by atoms with E-state index in [9.17, 15) is 0 Å². The molecule has 0 spiro atoms. The second-order valence-corrected chi connectivity index (χ2v) is 9.46. The van der Waals surface area contributed by atoms with Crippen LogP contribution in [-0.4, -0.2) is 14.8 Å². The van der Waals surface area contributed by atoms with Gasteiger partial charge in [-0.1, -0.05) is 54.6 Å². The summed E-state index contributed by atoms with van der Waals surface area (Å²) >= 11 is 0. The molecule has 0 atom stereocenters. The minimum Gasteiger partial charge on any atom is -0.416 e. The van der Waals surface area contributed by atoms with E-state index in [4.69, 9.17) is 4.42 Å². The fourth-order valence-electron chi connectivity index (χ4n) is 5.34. The molecule has 0 radical (unpaired) electrons. The van der Waals surface area contributed by atoms with Gasteiger partial charge in [-0.3, -0.25) is 0 Å². The predicted octanol–water partition coefficient (Wildman–Crippen LogP) is 9.00. The normalized spacial score (nSPS) is 11.3. The number of hydrogen-bond acceptors (Lipinski definition) is 4. The number of para-hydroxylation sites is 2. The van der Waals surface area contributed by atoms with Gasteiger partial charge in [-0.15, -0.1) is 10.2 Å². The first-order chi connectivity index (χ1) is 19.3. The molecular weight excluding hydrogens is 480 g/mol. The Morgan fingerprint density at radius 2 is 1.13 bits per heavy atom. The Balaban J connectivity index is 1.31. The summed E-state index contributed by atoms with van der Waals surface area (Å²) in [6.07, 6.45) is 0. The van der Waals surface area contributed by atoms with E-state index in [1.54, 1.807) is 0 Å². The van der Waals surface area contributed by atoms with Crippen molar-refractivity contribution < 1.29 is 4.42 Å². The lowest BCUT2D eigenvalue weighted by Gasteiger charge is -2.25. The van der Waals surface area contributed by atoms with E-state index in [-0.39, 0.29) is 0 Å². The van der Waals surface area contributed by atoms with Gasteiger partial charge >= 0.3 is 0 Å². The van der Waals surface area contributed by atoms with Crippen LogP contribution in [0.4, 0.5) is 17.1 Å². The van der Waals surface area contributed by atoms with Gasteiger partial charge in [-0.2, -0.15) is 0 Å². The third kappa shape index (κ3) is 4.05. The second kappa shape index (κ2) is 9.62. The number of rotatable bonds is 6. The Morgan fingerprint density at radius 3 is 1.85 bits per heavy atom. The third-order valence-electron chi connectivity index (χ3n) is 7.16. The Labute approximate surface area is 226 Å². The fourth-order valence-corrected chi connectivity index (χ4v) is 5.34. The van der Waals surface area contributed by atoms with E-state index < -0.39 is 0 Å². The Bertz CT molecular complexity index is 1890. The van der Waals surface area contributed by atoms with E-state index >= 15 is 0 Å². The van der Waals surface area contributed by atoms with Crippen molar-refractivity contribution >= 4 is 38.9 Å². The summed E-state index contributed by atoms with van der Waals surface area (Å²) in [4.78, 5) is 2.28. The Hall–Kier alpha value is -5.16. The Kier molecular flexibility index (Phi) is 5.67. The highest BCUT2D eigenvalue weighted by Crippen LogP contribution is 2.39. The molecule has 0 aliphatic rings. The molecule has 7 rings (SSSR count). The van der Waals surface area contributed by atoms with Crippen molar-refractivity contribution in [1.82, 2.24) is 14.8 Å². The number of benzene rings is 5. The van der Waals surface area contributed by atoms with Crippen molar-refractivity contribution in [3.63, 3.8) is 0 Å². The van der Waals surface area contributed by atoms with Gasteiger partial charge in [0.1, 0.15) is 0 Å². The molecule has 0 fully saturated rings. The van der Waals surface area contributed by atoms with Gasteiger partial charge in [0, 0.05) is 56.5 Å². The lowest BCUT2D eigenvalue weighted by atomic mass is 10.1. The van der Waals surface area contributed by atoms with Crippen LogP contribution in [0.1, 0.15) is 6.92 Å². The molecule has 2 heterocycles. The summed E-state index contributed by atoms with van der Waals surface area (Å²) in [5, 5.41) is 11.1. The molecule has 5 nitrogen and oxygen atoms in total. The van der Waals surface area contributed by atoms with Crippen LogP contribution in [0.25, 0.3) is 44.7 Å². The standard InChI is InChI=1S/C34H26N4O/c1-2-37-31-16-10-9-15-29(31)30-23-28(21-22-32(30)37)38(26-13-7-4-8-14-26)27-19-17-25(18-20-27)34-36-35-33(39-34)24-11-5-3-6-12-24/h3-23H,2H2,1H3. The lowest BCUT2D eigenvalue weighted by Crippen LogP contribution is -2.09. The number of aryl methyl sites for hydroxylation is 1. The predicted molar refractivity (Wildman–Crippen MR) is 159 cm³/mol. The molecule has 0 saturated heterocycles. The molecule has 5 aromatic carbocycles. The van der Waals surface area contributed by atoms with Crippen LogP contribution in [0.2, 0.25) is 0 Å². The summed E-state index contributed by atoms with van der Waals surface area (Å²) in [5.74, 6) is 1.01. The highest BCUT2D eigenvalue weighted by Gasteiger charge is 2.17. The van der Waals surface area contributed by atoms with Crippen LogP contribution < -0.4 is 4.90 Å². The van der Waals surface area contributed by atoms with Gasteiger partial charge in [0.25, 0.3) is 0 Å². The topological polar surface area (TPSA) is 47.1 Å². The molecule has 188 valence electrons. The summed E-state index contributed by atoms with van der Waals surface area (Å²) in [7, 11) is 0. The van der Waals surface area contributed by atoms with Gasteiger partial charge in [0.2, 0.25) is 11.8 Å². The molecule has 0 bridgehead atoms. The summed E-state index contributed by atoms with van der Waals surface area (Å²) in [6, 6.07) is 43.9. The Morgan fingerprint density at radius 1 is 0.564 bits per heavy atom. The molecule has 2 aromatic heterocycles. The van der Waals surface area contributed by atoms with Crippen LogP contribution in [0.15, 0.2) is 132 Å². The molecule has 0 saturated carbocycles. The average Bonchev–Trinajstić information content (AvgIpc) is 3.62. The van der Waals surface area contributed by atoms with E-state index in [2.05, 4.69) is 105 Å². The second-order valence-electron chi connectivity index (χ2n) is 9.46. The van der Waals surface area contributed by atoms with E-state index in [1.807, 2.05) is 48.5 Å². The zero-order chi connectivity index (χ0) is 26.2. The van der Waals surface area contributed by atoms with Gasteiger partial charge in [0.05, 0.1) is 0 Å². The molecule has 7 aromatic rings. The largest absolute Gasteiger partial charge is 0.416 e. The molecule has 0 aliphatic carbocycles. The van der Waals surface area contributed by atoms with Crippen LogP contribution in [0.3, 0.4) is 0 Å². The van der Waals surface area contributed by atoms with Crippen molar-refractivity contribution in [1.29, 1.82) is 0 Å². The van der Waals surface area contributed by atoms with Crippen LogP contribution >= 0.6 is 0 Å². The third-order valence-corrected chi connectivity index (χ3v) is 7.16. The highest BCUT2D eigenvalue weighted by molar-refractivity contribution is 6.09. The highest BCUT2D eigenvalue weighted by atomic mass is 16.4. The van der Waals surface area contributed by atoms with Crippen LogP contribution in [0.5, 0.6) is 0 Å². The van der Waals surface area contributed by atoms with Crippen LogP contribution in [0, 0.1) is 0 Å². The molecule has 0 amide bonds. The molecule has 0 unspecified atom stereocenters. The first kappa shape index (κ1) is 23.0. The van der Waals surface area contributed by atoms with Crippen molar-refractivity contribution in [2.75, 3.05) is 4.90 Å².